The first-order valence-corrected chi connectivity index (χ1v) is 6.45. The van der Waals surface area contributed by atoms with Crippen LogP contribution in [0, 0.1) is 5.92 Å². The van der Waals surface area contributed by atoms with Crippen LogP contribution in [0.5, 0.6) is 0 Å². The lowest BCUT2D eigenvalue weighted by Gasteiger charge is -2.20. The minimum atomic E-state index is 0.365. The number of furan rings is 1. The first-order chi connectivity index (χ1) is 8.72. The Hall–Kier alpha value is -1.55. The normalized spacial score (nSPS) is 13.1. The number of rotatable bonds is 6. The molecule has 0 amide bonds. The smallest absolute Gasteiger partial charge is 0.105 e. The van der Waals surface area contributed by atoms with Crippen molar-refractivity contribution < 1.29 is 4.42 Å². The summed E-state index contributed by atoms with van der Waals surface area (Å²) in [6.45, 7) is 5.93. The molecule has 98 valence electrons. The van der Waals surface area contributed by atoms with E-state index in [2.05, 4.69) is 23.4 Å². The summed E-state index contributed by atoms with van der Waals surface area (Å²) in [5.41, 5.74) is 7.09. The third-order valence-corrected chi connectivity index (χ3v) is 3.36. The van der Waals surface area contributed by atoms with Crippen LogP contribution < -0.4 is 5.73 Å². The van der Waals surface area contributed by atoms with E-state index in [0.717, 1.165) is 18.7 Å². The highest BCUT2D eigenvalue weighted by Crippen LogP contribution is 2.23. The number of hydrogen-bond acceptors (Lipinski definition) is 3. The van der Waals surface area contributed by atoms with Gasteiger partial charge in [0, 0.05) is 37.3 Å². The van der Waals surface area contributed by atoms with Crippen LogP contribution in [-0.4, -0.2) is 16.1 Å². The maximum Gasteiger partial charge on any atom is 0.105 e. The molecule has 0 radical (unpaired) electrons. The lowest BCUT2D eigenvalue weighted by molar-refractivity contribution is 0.456. The first-order valence-electron chi connectivity index (χ1n) is 6.45. The predicted octanol–water partition coefficient (Wildman–Crippen LogP) is 2.42. The van der Waals surface area contributed by atoms with Crippen LogP contribution in [0.25, 0.3) is 0 Å². The highest BCUT2D eigenvalue weighted by molar-refractivity contribution is 5.09. The summed E-state index contributed by atoms with van der Waals surface area (Å²) in [4.78, 5) is 4.25. The van der Waals surface area contributed by atoms with Gasteiger partial charge in [0.15, 0.2) is 0 Å². The molecule has 2 aromatic heterocycles. The van der Waals surface area contributed by atoms with Gasteiger partial charge in [0.05, 0.1) is 12.6 Å². The van der Waals surface area contributed by atoms with Crippen molar-refractivity contribution in [2.45, 2.75) is 32.7 Å². The summed E-state index contributed by atoms with van der Waals surface area (Å²) in [6, 6.07) is 3.92. The fourth-order valence-corrected chi connectivity index (χ4v) is 2.25. The molecule has 0 bridgehead atoms. The number of aromatic nitrogens is 2. The molecule has 0 aliphatic carbocycles. The lowest BCUT2D eigenvalue weighted by atomic mass is 9.93. The number of imidazole rings is 1. The van der Waals surface area contributed by atoms with Crippen molar-refractivity contribution in [2.24, 2.45) is 11.7 Å². The van der Waals surface area contributed by atoms with Crippen LogP contribution in [-0.2, 0) is 13.0 Å². The van der Waals surface area contributed by atoms with E-state index in [1.807, 2.05) is 24.7 Å². The van der Waals surface area contributed by atoms with Crippen LogP contribution in [0.1, 0.15) is 31.2 Å². The number of aryl methyl sites for hydroxylation is 2. The van der Waals surface area contributed by atoms with Crippen molar-refractivity contribution in [2.75, 3.05) is 6.54 Å². The molecule has 4 nitrogen and oxygen atoms in total. The van der Waals surface area contributed by atoms with Crippen molar-refractivity contribution >= 4 is 0 Å². The minimum Gasteiger partial charge on any atom is -0.469 e. The minimum absolute atomic E-state index is 0.365. The van der Waals surface area contributed by atoms with Crippen molar-refractivity contribution in [3.05, 3.63) is 42.4 Å². The molecule has 1 unspecified atom stereocenters. The van der Waals surface area contributed by atoms with Gasteiger partial charge >= 0.3 is 0 Å². The van der Waals surface area contributed by atoms with Crippen molar-refractivity contribution in [1.82, 2.24) is 9.55 Å². The van der Waals surface area contributed by atoms with Gasteiger partial charge in [-0.05, 0) is 18.1 Å². The standard InChI is InChI=1S/C14H21N3O/c1-11(2)13(8-15)14-9-16-10-17(14)6-5-12-4-3-7-18-12/h3-4,7,9-11,13H,5-6,8,15H2,1-2H3. The van der Waals surface area contributed by atoms with E-state index in [0.29, 0.717) is 18.4 Å². The van der Waals surface area contributed by atoms with Crippen LogP contribution in [0.2, 0.25) is 0 Å². The molecule has 0 spiro atoms. The quantitative estimate of drug-likeness (QED) is 0.852. The average Bonchev–Trinajstić information content (AvgIpc) is 2.97. The van der Waals surface area contributed by atoms with E-state index in [1.165, 1.54) is 5.69 Å². The summed E-state index contributed by atoms with van der Waals surface area (Å²) >= 11 is 0. The zero-order valence-electron chi connectivity index (χ0n) is 11.0. The molecule has 0 aliphatic heterocycles. The SMILES string of the molecule is CC(C)C(CN)c1cncn1CCc1ccco1. The van der Waals surface area contributed by atoms with Crippen molar-refractivity contribution in [1.29, 1.82) is 0 Å². The first kappa shape index (κ1) is 12.9. The molecule has 0 saturated carbocycles. The third kappa shape index (κ3) is 2.82. The van der Waals surface area contributed by atoms with Crippen molar-refractivity contribution in [3.63, 3.8) is 0 Å². The molecule has 0 aromatic carbocycles. The molecule has 4 heteroatoms. The molecule has 2 heterocycles. The molecule has 0 aliphatic rings. The number of hydrogen-bond donors (Lipinski definition) is 1. The Kier molecular flexibility index (Phi) is 4.20. The van der Waals surface area contributed by atoms with Gasteiger partial charge in [-0.2, -0.15) is 0 Å². The summed E-state index contributed by atoms with van der Waals surface area (Å²) in [5, 5.41) is 0. The predicted molar refractivity (Wildman–Crippen MR) is 71.3 cm³/mol. The Labute approximate surface area is 108 Å². The summed E-state index contributed by atoms with van der Waals surface area (Å²) in [6.07, 6.45) is 6.40. The zero-order chi connectivity index (χ0) is 13.0. The van der Waals surface area contributed by atoms with Gasteiger partial charge in [-0.25, -0.2) is 4.98 Å². The molecule has 2 N–H and O–H groups in total. The Morgan fingerprint density at radius 2 is 2.28 bits per heavy atom. The van der Waals surface area contributed by atoms with Crippen LogP contribution in [0.15, 0.2) is 35.3 Å². The molecular formula is C14H21N3O. The van der Waals surface area contributed by atoms with Gasteiger partial charge in [0.2, 0.25) is 0 Å². The maximum absolute atomic E-state index is 5.86. The Morgan fingerprint density at radius 1 is 1.44 bits per heavy atom. The fourth-order valence-electron chi connectivity index (χ4n) is 2.25. The molecule has 18 heavy (non-hydrogen) atoms. The molecule has 2 aromatic rings. The van der Waals surface area contributed by atoms with Gasteiger partial charge < -0.3 is 14.7 Å². The monoisotopic (exact) mass is 247 g/mol. The largest absolute Gasteiger partial charge is 0.469 e. The number of nitrogens with zero attached hydrogens (tertiary/aromatic N) is 2. The summed E-state index contributed by atoms with van der Waals surface area (Å²) in [7, 11) is 0. The van der Waals surface area contributed by atoms with Gasteiger partial charge in [0.1, 0.15) is 5.76 Å². The molecule has 0 saturated heterocycles. The van der Waals surface area contributed by atoms with Gasteiger partial charge in [-0.15, -0.1) is 0 Å². The second kappa shape index (κ2) is 5.87. The Balaban J connectivity index is 2.07. The topological polar surface area (TPSA) is 57.0 Å². The molecular weight excluding hydrogens is 226 g/mol. The summed E-state index contributed by atoms with van der Waals surface area (Å²) in [5.74, 6) is 1.89. The second-order valence-electron chi connectivity index (χ2n) is 4.93. The van der Waals surface area contributed by atoms with E-state index in [9.17, 15) is 0 Å². The second-order valence-corrected chi connectivity index (χ2v) is 4.93. The Morgan fingerprint density at radius 3 is 2.89 bits per heavy atom. The lowest BCUT2D eigenvalue weighted by Crippen LogP contribution is -2.21. The van der Waals surface area contributed by atoms with Crippen LogP contribution >= 0.6 is 0 Å². The average molecular weight is 247 g/mol. The molecule has 1 atom stereocenters. The van der Waals surface area contributed by atoms with E-state index >= 15 is 0 Å². The highest BCUT2D eigenvalue weighted by Gasteiger charge is 2.18. The zero-order valence-corrected chi connectivity index (χ0v) is 11.0. The molecule has 0 fully saturated rings. The highest BCUT2D eigenvalue weighted by atomic mass is 16.3. The van der Waals surface area contributed by atoms with E-state index in [-0.39, 0.29) is 0 Å². The van der Waals surface area contributed by atoms with Crippen LogP contribution in [0.4, 0.5) is 0 Å². The maximum atomic E-state index is 5.86. The fraction of sp³-hybridized carbons (Fsp3) is 0.500. The van der Waals surface area contributed by atoms with E-state index in [1.54, 1.807) is 6.26 Å². The van der Waals surface area contributed by atoms with Gasteiger partial charge in [-0.3, -0.25) is 0 Å². The van der Waals surface area contributed by atoms with Crippen LogP contribution in [0.3, 0.4) is 0 Å². The summed E-state index contributed by atoms with van der Waals surface area (Å²) < 4.78 is 7.53. The Bertz CT molecular complexity index is 459. The van der Waals surface area contributed by atoms with E-state index < -0.39 is 0 Å². The van der Waals surface area contributed by atoms with Gasteiger partial charge in [-0.1, -0.05) is 13.8 Å². The number of nitrogens with two attached hydrogens (primary N) is 1. The van der Waals surface area contributed by atoms with Gasteiger partial charge in [0.25, 0.3) is 0 Å². The third-order valence-electron chi connectivity index (χ3n) is 3.36. The molecule has 2 rings (SSSR count). The van der Waals surface area contributed by atoms with Crippen molar-refractivity contribution in [3.8, 4) is 0 Å². The van der Waals surface area contributed by atoms with E-state index in [4.69, 9.17) is 10.2 Å².